The van der Waals surface area contributed by atoms with Crippen LogP contribution in [0, 0.1) is 5.92 Å². The number of hydrogen-bond acceptors (Lipinski definition) is 2. The second kappa shape index (κ2) is 8.04. The molecule has 1 amide bonds. The van der Waals surface area contributed by atoms with E-state index in [1.807, 2.05) is 38.1 Å². The Morgan fingerprint density at radius 2 is 1.85 bits per heavy atom. The largest absolute Gasteiger partial charge is 0.481 e. The van der Waals surface area contributed by atoms with E-state index in [9.17, 15) is 9.59 Å². The highest BCUT2D eigenvalue weighted by Gasteiger charge is 2.16. The minimum absolute atomic E-state index is 0.0151. The number of carboxylic acids is 1. The number of carboxylic acid groups (broad SMARTS) is 1. The van der Waals surface area contributed by atoms with Crippen LogP contribution in [0.4, 0.5) is 0 Å². The normalized spacial score (nSPS) is 10.6. The van der Waals surface area contributed by atoms with Crippen molar-refractivity contribution in [3.63, 3.8) is 0 Å². The van der Waals surface area contributed by atoms with Crippen molar-refractivity contribution in [1.82, 2.24) is 4.90 Å². The molecular weight excluding hydrogens is 322 g/mol. The van der Waals surface area contributed by atoms with Crippen LogP contribution in [0.3, 0.4) is 0 Å². The maximum absolute atomic E-state index is 12.3. The summed E-state index contributed by atoms with van der Waals surface area (Å²) in [7, 11) is 0. The summed E-state index contributed by atoms with van der Waals surface area (Å²) in [6, 6.07) is 7.58. The van der Waals surface area contributed by atoms with Crippen LogP contribution >= 0.6 is 15.9 Å². The third-order valence-corrected chi connectivity index (χ3v) is 3.33. The molecule has 0 fully saturated rings. The molecule has 1 aromatic carbocycles. The van der Waals surface area contributed by atoms with E-state index < -0.39 is 5.97 Å². The molecule has 1 aromatic rings. The quantitative estimate of drug-likeness (QED) is 0.829. The van der Waals surface area contributed by atoms with Gasteiger partial charge < -0.3 is 10.0 Å². The van der Waals surface area contributed by atoms with Gasteiger partial charge in [0.15, 0.2) is 0 Å². The van der Waals surface area contributed by atoms with Gasteiger partial charge in [-0.1, -0.05) is 41.9 Å². The lowest BCUT2D eigenvalue weighted by Crippen LogP contribution is -2.36. The van der Waals surface area contributed by atoms with Crippen LogP contribution in [0.1, 0.15) is 25.8 Å². The van der Waals surface area contributed by atoms with Gasteiger partial charge in [-0.2, -0.15) is 0 Å². The first-order valence-electron chi connectivity index (χ1n) is 6.62. The van der Waals surface area contributed by atoms with Crippen LogP contribution in [0.5, 0.6) is 0 Å². The first kappa shape index (κ1) is 16.7. The van der Waals surface area contributed by atoms with Gasteiger partial charge in [0.25, 0.3) is 0 Å². The minimum atomic E-state index is -0.879. The summed E-state index contributed by atoms with van der Waals surface area (Å²) in [5.74, 6) is -0.588. The number of amides is 1. The lowest BCUT2D eigenvalue weighted by Gasteiger charge is -2.24. The number of carbonyl (C=O) groups excluding carboxylic acids is 1. The Kier molecular flexibility index (Phi) is 6.71. The molecule has 0 atom stereocenters. The molecule has 0 aliphatic rings. The highest BCUT2D eigenvalue weighted by Crippen LogP contribution is 2.12. The lowest BCUT2D eigenvalue weighted by molar-refractivity contribution is -0.138. The first-order chi connectivity index (χ1) is 9.38. The van der Waals surface area contributed by atoms with Crippen LogP contribution in [-0.4, -0.2) is 35.0 Å². The number of halogens is 1. The van der Waals surface area contributed by atoms with E-state index in [4.69, 9.17) is 5.11 Å². The number of benzene rings is 1. The summed E-state index contributed by atoms with van der Waals surface area (Å²) < 4.78 is 0.971. The predicted octanol–water partition coefficient (Wildman–Crippen LogP) is 2.95. The fourth-order valence-electron chi connectivity index (χ4n) is 1.88. The number of aliphatic carboxylic acids is 1. The second-order valence-corrected chi connectivity index (χ2v) is 6.10. The zero-order valence-electron chi connectivity index (χ0n) is 11.8. The van der Waals surface area contributed by atoms with Gasteiger partial charge in [0, 0.05) is 17.6 Å². The highest BCUT2D eigenvalue weighted by molar-refractivity contribution is 9.10. The van der Waals surface area contributed by atoms with Crippen LogP contribution in [-0.2, 0) is 16.0 Å². The van der Waals surface area contributed by atoms with Crippen LogP contribution in [0.25, 0.3) is 0 Å². The van der Waals surface area contributed by atoms with Gasteiger partial charge in [-0.25, -0.2) is 0 Å². The molecule has 0 spiro atoms. The zero-order chi connectivity index (χ0) is 15.1. The predicted molar refractivity (Wildman–Crippen MR) is 81.5 cm³/mol. The Morgan fingerprint density at radius 1 is 1.25 bits per heavy atom. The molecule has 110 valence electrons. The van der Waals surface area contributed by atoms with Crippen molar-refractivity contribution in [3.05, 3.63) is 34.3 Å². The van der Waals surface area contributed by atoms with E-state index in [2.05, 4.69) is 15.9 Å². The standard InChI is InChI=1S/C15H20BrNO3/c1-11(2)10-17(8-7-15(19)20)14(18)9-12-3-5-13(16)6-4-12/h3-6,11H,7-10H2,1-2H3,(H,19,20). The third kappa shape index (κ3) is 6.19. The molecule has 20 heavy (non-hydrogen) atoms. The van der Waals surface area contributed by atoms with Gasteiger partial charge in [0.2, 0.25) is 5.91 Å². The number of rotatable bonds is 7. The van der Waals surface area contributed by atoms with E-state index in [1.54, 1.807) is 4.90 Å². The second-order valence-electron chi connectivity index (χ2n) is 5.18. The maximum atomic E-state index is 12.3. The van der Waals surface area contributed by atoms with Crippen LogP contribution in [0.2, 0.25) is 0 Å². The minimum Gasteiger partial charge on any atom is -0.481 e. The Hall–Kier alpha value is -1.36. The molecule has 0 aliphatic heterocycles. The average Bonchev–Trinajstić information content (AvgIpc) is 2.36. The van der Waals surface area contributed by atoms with E-state index in [0.29, 0.717) is 18.9 Å². The molecule has 0 aliphatic carbocycles. The Labute approximate surface area is 127 Å². The van der Waals surface area contributed by atoms with Crippen LogP contribution < -0.4 is 0 Å². The first-order valence-corrected chi connectivity index (χ1v) is 7.41. The third-order valence-electron chi connectivity index (χ3n) is 2.80. The molecule has 0 radical (unpaired) electrons. The molecule has 0 heterocycles. The van der Waals surface area contributed by atoms with Crippen molar-refractivity contribution in [2.24, 2.45) is 5.92 Å². The molecule has 4 nitrogen and oxygen atoms in total. The average molecular weight is 342 g/mol. The van der Waals surface area contributed by atoms with Crippen molar-refractivity contribution >= 4 is 27.8 Å². The van der Waals surface area contributed by atoms with Crippen molar-refractivity contribution in [1.29, 1.82) is 0 Å². The van der Waals surface area contributed by atoms with Crippen molar-refractivity contribution < 1.29 is 14.7 Å². The Balaban J connectivity index is 2.66. The molecule has 1 rings (SSSR count). The lowest BCUT2D eigenvalue weighted by atomic mass is 10.1. The van der Waals surface area contributed by atoms with Gasteiger partial charge in [-0.15, -0.1) is 0 Å². The summed E-state index contributed by atoms with van der Waals surface area (Å²) in [6.07, 6.45) is 0.290. The summed E-state index contributed by atoms with van der Waals surface area (Å²) in [5, 5.41) is 8.76. The fraction of sp³-hybridized carbons (Fsp3) is 0.467. The molecule has 0 unspecified atom stereocenters. The molecule has 0 saturated heterocycles. The van der Waals surface area contributed by atoms with Gasteiger partial charge in [-0.05, 0) is 23.6 Å². The maximum Gasteiger partial charge on any atom is 0.305 e. The smallest absolute Gasteiger partial charge is 0.305 e. The zero-order valence-corrected chi connectivity index (χ0v) is 13.4. The molecule has 0 saturated carbocycles. The summed E-state index contributed by atoms with van der Waals surface area (Å²) in [4.78, 5) is 24.6. The summed E-state index contributed by atoms with van der Waals surface area (Å²) in [6.45, 7) is 4.88. The number of nitrogens with zero attached hydrogens (tertiary/aromatic N) is 1. The number of hydrogen-bond donors (Lipinski definition) is 1. The van der Waals surface area contributed by atoms with E-state index in [0.717, 1.165) is 10.0 Å². The van der Waals surface area contributed by atoms with Crippen molar-refractivity contribution in [2.45, 2.75) is 26.7 Å². The fourth-order valence-corrected chi connectivity index (χ4v) is 2.14. The molecule has 1 N–H and O–H groups in total. The molecule has 0 aromatic heterocycles. The highest BCUT2D eigenvalue weighted by atomic mass is 79.9. The van der Waals surface area contributed by atoms with Crippen LogP contribution in [0.15, 0.2) is 28.7 Å². The SMILES string of the molecule is CC(C)CN(CCC(=O)O)C(=O)Cc1ccc(Br)cc1. The topological polar surface area (TPSA) is 57.6 Å². The van der Waals surface area contributed by atoms with E-state index >= 15 is 0 Å². The Bertz CT molecular complexity index is 457. The Morgan fingerprint density at radius 3 is 2.35 bits per heavy atom. The molecule has 0 bridgehead atoms. The van der Waals surface area contributed by atoms with Gasteiger partial charge in [0.05, 0.1) is 12.8 Å². The van der Waals surface area contributed by atoms with Gasteiger partial charge in [-0.3, -0.25) is 9.59 Å². The van der Waals surface area contributed by atoms with E-state index in [-0.39, 0.29) is 18.9 Å². The summed E-state index contributed by atoms with van der Waals surface area (Å²) >= 11 is 3.35. The number of carbonyl (C=O) groups is 2. The van der Waals surface area contributed by atoms with Crippen molar-refractivity contribution in [2.75, 3.05) is 13.1 Å². The van der Waals surface area contributed by atoms with Gasteiger partial charge >= 0.3 is 5.97 Å². The monoisotopic (exact) mass is 341 g/mol. The summed E-state index contributed by atoms with van der Waals surface area (Å²) in [5.41, 5.74) is 0.933. The van der Waals surface area contributed by atoms with Crippen molar-refractivity contribution in [3.8, 4) is 0 Å². The molecular formula is C15H20BrNO3. The van der Waals surface area contributed by atoms with E-state index in [1.165, 1.54) is 0 Å². The molecule has 5 heteroatoms. The van der Waals surface area contributed by atoms with Gasteiger partial charge in [0.1, 0.15) is 0 Å².